The lowest BCUT2D eigenvalue weighted by Gasteiger charge is -2.04. The Morgan fingerprint density at radius 3 is 2.77 bits per heavy atom. The summed E-state index contributed by atoms with van der Waals surface area (Å²) in [5.41, 5.74) is 1.54. The number of anilines is 1. The molecule has 0 bridgehead atoms. The van der Waals surface area contributed by atoms with Gasteiger partial charge in [-0.05, 0) is 36.4 Å². The van der Waals surface area contributed by atoms with Gasteiger partial charge in [0.25, 0.3) is 5.91 Å². The number of fused-ring (bicyclic) bond motifs is 1. The standard InChI is InChI=1S/C16H12N2O3S/c1-21-16(20)14-7-6-13(22-14)15(19)18-11-4-5-12-10(9-11)3-2-8-17-12/h2-9H,1H3,(H,18,19). The highest BCUT2D eigenvalue weighted by molar-refractivity contribution is 7.16. The molecule has 0 fully saturated rings. The third kappa shape index (κ3) is 2.82. The van der Waals surface area contributed by atoms with E-state index in [-0.39, 0.29) is 5.91 Å². The molecule has 1 N–H and O–H groups in total. The van der Waals surface area contributed by atoms with Crippen molar-refractivity contribution in [3.63, 3.8) is 0 Å². The van der Waals surface area contributed by atoms with Gasteiger partial charge in [-0.3, -0.25) is 9.78 Å². The Balaban J connectivity index is 1.80. The molecule has 3 rings (SSSR count). The second-order valence-electron chi connectivity index (χ2n) is 4.52. The second kappa shape index (κ2) is 5.95. The fourth-order valence-electron chi connectivity index (χ4n) is 2.02. The van der Waals surface area contributed by atoms with Crippen LogP contribution < -0.4 is 5.32 Å². The van der Waals surface area contributed by atoms with Gasteiger partial charge in [-0.25, -0.2) is 4.79 Å². The minimum Gasteiger partial charge on any atom is -0.465 e. The molecule has 0 aliphatic rings. The summed E-state index contributed by atoms with van der Waals surface area (Å²) in [4.78, 5) is 28.7. The van der Waals surface area contributed by atoms with Crippen molar-refractivity contribution in [1.82, 2.24) is 4.98 Å². The van der Waals surface area contributed by atoms with Gasteiger partial charge < -0.3 is 10.1 Å². The molecular weight excluding hydrogens is 300 g/mol. The largest absolute Gasteiger partial charge is 0.465 e. The van der Waals surface area contributed by atoms with Gasteiger partial charge in [-0.15, -0.1) is 11.3 Å². The summed E-state index contributed by atoms with van der Waals surface area (Å²) in [7, 11) is 1.31. The maximum absolute atomic E-state index is 12.2. The van der Waals surface area contributed by atoms with Crippen molar-refractivity contribution in [1.29, 1.82) is 0 Å². The number of methoxy groups -OCH3 is 1. The van der Waals surface area contributed by atoms with E-state index < -0.39 is 5.97 Å². The zero-order chi connectivity index (χ0) is 15.5. The maximum Gasteiger partial charge on any atom is 0.348 e. The molecule has 0 saturated carbocycles. The first-order chi connectivity index (χ1) is 10.7. The van der Waals surface area contributed by atoms with E-state index in [0.717, 1.165) is 22.2 Å². The smallest absolute Gasteiger partial charge is 0.348 e. The van der Waals surface area contributed by atoms with Crippen molar-refractivity contribution in [2.45, 2.75) is 0 Å². The van der Waals surface area contributed by atoms with Crippen molar-refractivity contribution >= 4 is 39.8 Å². The average molecular weight is 312 g/mol. The number of esters is 1. The SMILES string of the molecule is COC(=O)c1ccc(C(=O)Nc2ccc3ncccc3c2)s1. The van der Waals surface area contributed by atoms with Crippen molar-refractivity contribution in [2.24, 2.45) is 0 Å². The van der Waals surface area contributed by atoms with Gasteiger partial charge in [0.1, 0.15) is 4.88 Å². The first-order valence-electron chi connectivity index (χ1n) is 6.51. The van der Waals surface area contributed by atoms with Crippen LogP contribution >= 0.6 is 11.3 Å². The van der Waals surface area contributed by atoms with Gasteiger partial charge in [0, 0.05) is 17.3 Å². The summed E-state index contributed by atoms with van der Waals surface area (Å²) in [6, 6.07) is 12.5. The van der Waals surface area contributed by atoms with Crippen LogP contribution in [-0.2, 0) is 4.74 Å². The summed E-state index contributed by atoms with van der Waals surface area (Å²) >= 11 is 1.10. The number of aromatic nitrogens is 1. The molecule has 6 heteroatoms. The number of pyridine rings is 1. The van der Waals surface area contributed by atoms with Gasteiger partial charge in [-0.2, -0.15) is 0 Å². The maximum atomic E-state index is 12.2. The monoisotopic (exact) mass is 312 g/mol. The zero-order valence-electron chi connectivity index (χ0n) is 11.7. The van der Waals surface area contributed by atoms with Crippen molar-refractivity contribution in [2.75, 3.05) is 12.4 Å². The normalized spacial score (nSPS) is 10.4. The van der Waals surface area contributed by atoms with Crippen LogP contribution in [0.2, 0.25) is 0 Å². The molecule has 0 unspecified atom stereocenters. The molecule has 0 aliphatic heterocycles. The average Bonchev–Trinajstić information content (AvgIpc) is 3.04. The Bertz CT molecular complexity index is 857. The minimum absolute atomic E-state index is 0.261. The lowest BCUT2D eigenvalue weighted by Crippen LogP contribution is -2.10. The van der Waals surface area contributed by atoms with E-state index in [1.165, 1.54) is 7.11 Å². The highest BCUT2D eigenvalue weighted by Crippen LogP contribution is 2.21. The summed E-state index contributed by atoms with van der Waals surface area (Å²) in [5, 5.41) is 3.76. The fraction of sp³-hybridized carbons (Fsp3) is 0.0625. The van der Waals surface area contributed by atoms with E-state index in [2.05, 4.69) is 15.0 Å². The number of carbonyl (C=O) groups is 2. The number of benzene rings is 1. The van der Waals surface area contributed by atoms with Crippen LogP contribution in [0.3, 0.4) is 0 Å². The van der Waals surface area contributed by atoms with E-state index in [4.69, 9.17) is 0 Å². The lowest BCUT2D eigenvalue weighted by atomic mass is 10.2. The first-order valence-corrected chi connectivity index (χ1v) is 7.33. The van der Waals surface area contributed by atoms with Crippen molar-refractivity contribution < 1.29 is 14.3 Å². The predicted octanol–water partition coefficient (Wildman–Crippen LogP) is 3.34. The van der Waals surface area contributed by atoms with E-state index in [9.17, 15) is 9.59 Å². The number of rotatable bonds is 3. The van der Waals surface area contributed by atoms with Crippen LogP contribution in [0.4, 0.5) is 5.69 Å². The number of hydrogen-bond donors (Lipinski definition) is 1. The Kier molecular flexibility index (Phi) is 3.84. The van der Waals surface area contributed by atoms with Crippen molar-refractivity contribution in [3.05, 3.63) is 58.4 Å². The summed E-state index contributed by atoms with van der Waals surface area (Å²) < 4.78 is 4.63. The van der Waals surface area contributed by atoms with E-state index >= 15 is 0 Å². The zero-order valence-corrected chi connectivity index (χ0v) is 12.5. The van der Waals surface area contributed by atoms with Crippen LogP contribution in [0.15, 0.2) is 48.7 Å². The predicted molar refractivity (Wildman–Crippen MR) is 85.4 cm³/mol. The third-order valence-electron chi connectivity index (χ3n) is 3.08. The first kappa shape index (κ1) is 14.2. The molecular formula is C16H12N2O3S. The second-order valence-corrected chi connectivity index (χ2v) is 5.60. The molecule has 2 aromatic heterocycles. The highest BCUT2D eigenvalue weighted by Gasteiger charge is 2.14. The van der Waals surface area contributed by atoms with E-state index in [1.54, 1.807) is 24.4 Å². The summed E-state index contributed by atoms with van der Waals surface area (Å²) in [5.74, 6) is -0.704. The Hall–Kier alpha value is -2.73. The molecule has 0 aliphatic carbocycles. The van der Waals surface area contributed by atoms with E-state index in [0.29, 0.717) is 15.4 Å². The number of nitrogens with one attached hydrogen (secondary N) is 1. The number of thiophene rings is 1. The van der Waals surface area contributed by atoms with Gasteiger partial charge >= 0.3 is 5.97 Å². The quantitative estimate of drug-likeness (QED) is 0.753. The van der Waals surface area contributed by atoms with Crippen LogP contribution in [0, 0.1) is 0 Å². The van der Waals surface area contributed by atoms with Gasteiger partial charge in [0.2, 0.25) is 0 Å². The molecule has 5 nitrogen and oxygen atoms in total. The molecule has 0 saturated heterocycles. The number of hydrogen-bond acceptors (Lipinski definition) is 5. The minimum atomic E-state index is -0.444. The number of ether oxygens (including phenoxy) is 1. The number of nitrogens with zero attached hydrogens (tertiary/aromatic N) is 1. The van der Waals surface area contributed by atoms with E-state index in [1.807, 2.05) is 24.3 Å². The molecule has 1 aromatic carbocycles. The van der Waals surface area contributed by atoms with Crippen LogP contribution in [0.25, 0.3) is 10.9 Å². The molecule has 0 radical (unpaired) electrons. The Morgan fingerprint density at radius 2 is 1.95 bits per heavy atom. The summed E-state index contributed by atoms with van der Waals surface area (Å²) in [6.45, 7) is 0. The molecule has 22 heavy (non-hydrogen) atoms. The molecule has 1 amide bonds. The van der Waals surface area contributed by atoms with Crippen LogP contribution in [-0.4, -0.2) is 24.0 Å². The van der Waals surface area contributed by atoms with Crippen LogP contribution in [0.5, 0.6) is 0 Å². The lowest BCUT2D eigenvalue weighted by molar-refractivity contribution is 0.0606. The molecule has 0 atom stereocenters. The summed E-state index contributed by atoms with van der Waals surface area (Å²) in [6.07, 6.45) is 1.72. The van der Waals surface area contributed by atoms with Gasteiger partial charge in [0.15, 0.2) is 0 Å². The molecule has 2 heterocycles. The van der Waals surface area contributed by atoms with Crippen LogP contribution in [0.1, 0.15) is 19.3 Å². The van der Waals surface area contributed by atoms with Crippen molar-refractivity contribution in [3.8, 4) is 0 Å². The molecule has 3 aromatic rings. The fourth-order valence-corrected chi connectivity index (χ4v) is 2.84. The number of amides is 1. The highest BCUT2D eigenvalue weighted by atomic mass is 32.1. The molecule has 0 spiro atoms. The Morgan fingerprint density at radius 1 is 1.14 bits per heavy atom. The third-order valence-corrected chi connectivity index (χ3v) is 4.14. The van der Waals surface area contributed by atoms with Gasteiger partial charge in [-0.1, -0.05) is 6.07 Å². The number of carbonyl (C=O) groups excluding carboxylic acids is 2. The molecule has 110 valence electrons. The van der Waals surface area contributed by atoms with Gasteiger partial charge in [0.05, 0.1) is 17.5 Å². The Labute approximate surface area is 130 Å². The topological polar surface area (TPSA) is 68.3 Å².